The van der Waals surface area contributed by atoms with Crippen LogP contribution in [0.25, 0.3) is 16.3 Å². The highest BCUT2D eigenvalue weighted by molar-refractivity contribution is 9.10. The number of non-ortho nitro benzene ring substituents is 1. The lowest BCUT2D eigenvalue weighted by Crippen LogP contribution is -2.23. The third-order valence-electron chi connectivity index (χ3n) is 4.07. The number of fused-ring (bicyclic) bond motifs is 1. The number of hydrogen-bond acceptors (Lipinski definition) is 7. The maximum Gasteiger partial charge on any atom is 0.273 e. The van der Waals surface area contributed by atoms with Crippen LogP contribution in [0.2, 0.25) is 0 Å². The summed E-state index contributed by atoms with van der Waals surface area (Å²) in [6, 6.07) is 15.0. The van der Waals surface area contributed by atoms with Crippen LogP contribution in [0.3, 0.4) is 0 Å². The van der Waals surface area contributed by atoms with Gasteiger partial charge in [0.25, 0.3) is 11.6 Å². The molecule has 0 atom stereocenters. The highest BCUT2D eigenvalue weighted by atomic mass is 79.9. The fraction of sp³-hybridized carbons (Fsp3) is 0. The van der Waals surface area contributed by atoms with Gasteiger partial charge in [-0.1, -0.05) is 39.4 Å². The molecule has 0 saturated carbocycles. The highest BCUT2D eigenvalue weighted by Gasteiger charge is 2.18. The van der Waals surface area contributed by atoms with E-state index >= 15 is 0 Å². The summed E-state index contributed by atoms with van der Waals surface area (Å²) in [4.78, 5) is 27.9. The predicted molar refractivity (Wildman–Crippen MR) is 123 cm³/mol. The Morgan fingerprint density at radius 3 is 2.87 bits per heavy atom. The van der Waals surface area contributed by atoms with Gasteiger partial charge >= 0.3 is 0 Å². The first-order valence-electron chi connectivity index (χ1n) is 8.90. The number of halogens is 1. The number of carbonyl (C=O) groups excluding carboxylic acids is 1. The zero-order chi connectivity index (χ0) is 21.8. The first-order valence-corrected chi connectivity index (χ1v) is 10.5. The number of nitrogens with zero attached hydrogens (tertiary/aromatic N) is 4. The number of nitro groups is 1. The molecule has 8 nitrogen and oxygen atoms in total. The van der Waals surface area contributed by atoms with Crippen molar-refractivity contribution in [3.8, 4) is 0 Å². The van der Waals surface area contributed by atoms with Crippen LogP contribution in [0.15, 0.2) is 80.9 Å². The van der Waals surface area contributed by atoms with Crippen LogP contribution in [0.5, 0.6) is 0 Å². The van der Waals surface area contributed by atoms with Crippen molar-refractivity contribution < 1.29 is 14.1 Å². The molecule has 154 valence electrons. The number of nitro benzene ring substituents is 1. The molecule has 0 radical (unpaired) electrons. The standard InChI is InChI=1S/C21H13BrN4O4S/c22-15-7-8-18-19(12-15)31-21(24-18)25(23-13-17-5-2-10-30-17)20(27)9-6-14-3-1-4-16(11-14)26(28)29/h1-13H/b9-6+,23-13+. The minimum Gasteiger partial charge on any atom is -0.463 e. The molecule has 0 aliphatic rings. The number of furan rings is 1. The molecule has 0 N–H and O–H groups in total. The van der Waals surface area contributed by atoms with E-state index in [1.807, 2.05) is 18.2 Å². The Morgan fingerprint density at radius 2 is 2.10 bits per heavy atom. The Labute approximate surface area is 188 Å². The molecule has 0 bridgehead atoms. The lowest BCUT2D eigenvalue weighted by molar-refractivity contribution is -0.384. The van der Waals surface area contributed by atoms with Crippen molar-refractivity contribution in [2.24, 2.45) is 5.10 Å². The summed E-state index contributed by atoms with van der Waals surface area (Å²) in [6.45, 7) is 0. The van der Waals surface area contributed by atoms with Gasteiger partial charge in [0.1, 0.15) is 5.76 Å². The third kappa shape index (κ3) is 4.93. The number of amides is 1. The van der Waals surface area contributed by atoms with E-state index < -0.39 is 10.8 Å². The molecule has 4 rings (SSSR count). The molecular formula is C21H13BrN4O4S. The van der Waals surface area contributed by atoms with Crippen molar-refractivity contribution in [3.05, 3.63) is 92.8 Å². The normalized spacial score (nSPS) is 11.5. The Bertz CT molecular complexity index is 1310. The first-order chi connectivity index (χ1) is 15.0. The van der Waals surface area contributed by atoms with Crippen molar-refractivity contribution in [1.29, 1.82) is 0 Å². The highest BCUT2D eigenvalue weighted by Crippen LogP contribution is 2.31. The lowest BCUT2D eigenvalue weighted by Gasteiger charge is -2.10. The molecule has 2 aromatic heterocycles. The van der Waals surface area contributed by atoms with Crippen molar-refractivity contribution >= 4 is 66.5 Å². The number of anilines is 1. The van der Waals surface area contributed by atoms with Crippen molar-refractivity contribution in [2.75, 3.05) is 5.01 Å². The zero-order valence-electron chi connectivity index (χ0n) is 15.7. The van der Waals surface area contributed by atoms with Crippen LogP contribution in [-0.4, -0.2) is 22.0 Å². The molecule has 0 saturated heterocycles. The van der Waals surface area contributed by atoms with Crippen LogP contribution in [0.1, 0.15) is 11.3 Å². The van der Waals surface area contributed by atoms with Gasteiger partial charge in [-0.25, -0.2) is 4.98 Å². The van der Waals surface area contributed by atoms with Crippen LogP contribution in [-0.2, 0) is 4.79 Å². The summed E-state index contributed by atoms with van der Waals surface area (Å²) < 4.78 is 7.03. The van der Waals surface area contributed by atoms with Crippen LogP contribution in [0.4, 0.5) is 10.8 Å². The Kier molecular flexibility index (Phi) is 6.01. The van der Waals surface area contributed by atoms with Crippen molar-refractivity contribution in [2.45, 2.75) is 0 Å². The molecule has 31 heavy (non-hydrogen) atoms. The summed E-state index contributed by atoms with van der Waals surface area (Å²) in [5, 5.41) is 16.8. The predicted octanol–water partition coefficient (Wildman–Crippen LogP) is 5.64. The molecule has 0 aliphatic carbocycles. The van der Waals surface area contributed by atoms with E-state index in [-0.39, 0.29) is 5.69 Å². The molecule has 4 aromatic rings. The summed E-state index contributed by atoms with van der Waals surface area (Å²) in [5.74, 6) is 0.0109. The Balaban J connectivity index is 1.66. The van der Waals surface area contributed by atoms with Crippen molar-refractivity contribution in [3.63, 3.8) is 0 Å². The number of hydrazone groups is 1. The molecule has 0 spiro atoms. The van der Waals surface area contributed by atoms with Gasteiger partial charge < -0.3 is 4.42 Å². The zero-order valence-corrected chi connectivity index (χ0v) is 18.1. The van der Waals surface area contributed by atoms with E-state index in [0.29, 0.717) is 16.5 Å². The molecule has 0 fully saturated rings. The summed E-state index contributed by atoms with van der Waals surface area (Å²) in [6.07, 6.45) is 5.71. The second-order valence-corrected chi connectivity index (χ2v) is 8.13. The third-order valence-corrected chi connectivity index (χ3v) is 5.56. The van der Waals surface area contributed by atoms with E-state index in [4.69, 9.17) is 4.42 Å². The Morgan fingerprint density at radius 1 is 1.23 bits per heavy atom. The summed E-state index contributed by atoms with van der Waals surface area (Å²) in [5.41, 5.74) is 1.20. The van der Waals surface area contributed by atoms with Crippen LogP contribution >= 0.6 is 27.3 Å². The van der Waals surface area contributed by atoms with E-state index in [2.05, 4.69) is 26.0 Å². The van der Waals surface area contributed by atoms with Gasteiger partial charge in [-0.15, -0.1) is 0 Å². The largest absolute Gasteiger partial charge is 0.463 e. The number of thiazole rings is 1. The molecule has 10 heteroatoms. The second-order valence-electron chi connectivity index (χ2n) is 6.20. The average Bonchev–Trinajstić information content (AvgIpc) is 3.42. The minimum atomic E-state index is -0.488. The minimum absolute atomic E-state index is 0.0564. The topological polar surface area (TPSA) is 102 Å². The van der Waals surface area contributed by atoms with E-state index in [1.54, 1.807) is 24.3 Å². The SMILES string of the molecule is O=C(/C=C/c1cccc([N+](=O)[O-])c1)N(/N=C/c1ccco1)c1nc2ccc(Br)cc2s1. The molecule has 0 aliphatic heterocycles. The quantitative estimate of drug-likeness (QED) is 0.149. The summed E-state index contributed by atoms with van der Waals surface area (Å²) in [7, 11) is 0. The van der Waals surface area contributed by atoms with Crippen LogP contribution < -0.4 is 5.01 Å². The molecule has 0 unspecified atom stereocenters. The van der Waals surface area contributed by atoms with E-state index in [9.17, 15) is 14.9 Å². The maximum absolute atomic E-state index is 13.0. The lowest BCUT2D eigenvalue weighted by atomic mass is 10.2. The molecule has 2 heterocycles. The van der Waals surface area contributed by atoms with Gasteiger partial charge in [0.15, 0.2) is 0 Å². The smallest absolute Gasteiger partial charge is 0.273 e. The van der Waals surface area contributed by atoms with Crippen molar-refractivity contribution in [1.82, 2.24) is 4.98 Å². The monoisotopic (exact) mass is 496 g/mol. The fourth-order valence-electron chi connectivity index (χ4n) is 2.64. The Hall–Kier alpha value is -3.63. The second kappa shape index (κ2) is 9.02. The number of aromatic nitrogens is 1. The number of rotatable bonds is 6. The van der Waals surface area contributed by atoms with Gasteiger partial charge in [0, 0.05) is 22.7 Å². The molecule has 1 amide bonds. The van der Waals surface area contributed by atoms with E-state index in [1.165, 1.54) is 48.1 Å². The summed E-state index contributed by atoms with van der Waals surface area (Å²) >= 11 is 4.74. The number of carbonyl (C=O) groups is 1. The fourth-order valence-corrected chi connectivity index (χ4v) is 4.12. The molecule has 2 aromatic carbocycles. The van der Waals surface area contributed by atoms with Gasteiger partial charge in [0.05, 0.1) is 27.6 Å². The first kappa shape index (κ1) is 20.6. The number of benzene rings is 2. The van der Waals surface area contributed by atoms with Crippen LogP contribution in [0, 0.1) is 10.1 Å². The number of hydrogen-bond donors (Lipinski definition) is 0. The van der Waals surface area contributed by atoms with E-state index in [0.717, 1.165) is 19.7 Å². The van der Waals surface area contributed by atoms with Gasteiger partial charge in [-0.2, -0.15) is 10.1 Å². The van der Waals surface area contributed by atoms with Gasteiger partial charge in [-0.3, -0.25) is 14.9 Å². The maximum atomic E-state index is 13.0. The van der Waals surface area contributed by atoms with Gasteiger partial charge in [-0.05, 0) is 42.0 Å². The average molecular weight is 497 g/mol. The van der Waals surface area contributed by atoms with Gasteiger partial charge in [0.2, 0.25) is 5.13 Å². The molecular weight excluding hydrogens is 484 g/mol.